The van der Waals surface area contributed by atoms with E-state index in [1.807, 2.05) is 0 Å². The van der Waals surface area contributed by atoms with Crippen molar-refractivity contribution in [3.63, 3.8) is 0 Å². The summed E-state index contributed by atoms with van der Waals surface area (Å²) in [5.74, 6) is 0. The van der Waals surface area contributed by atoms with E-state index in [9.17, 15) is 13.2 Å². The van der Waals surface area contributed by atoms with Gasteiger partial charge in [-0.25, -0.2) is 0 Å². The lowest BCUT2D eigenvalue weighted by Gasteiger charge is -2.28. The molecule has 1 aliphatic carbocycles. The fourth-order valence-electron chi connectivity index (χ4n) is 1.87. The van der Waals surface area contributed by atoms with Crippen molar-refractivity contribution in [2.45, 2.75) is 38.4 Å². The Morgan fingerprint density at radius 3 is 2.44 bits per heavy atom. The number of rotatable bonds is 2. The topological polar surface area (TPSA) is 12.0 Å². The van der Waals surface area contributed by atoms with Gasteiger partial charge in [0.1, 0.15) is 0 Å². The van der Waals surface area contributed by atoms with E-state index in [-0.39, 0.29) is 0 Å². The van der Waals surface area contributed by atoms with Gasteiger partial charge in [-0.15, -0.1) is 0 Å². The van der Waals surface area contributed by atoms with E-state index < -0.39 is 11.7 Å². The number of hydrogen-bond donors (Lipinski definition) is 1. The number of benzene rings is 1. The molecule has 0 saturated heterocycles. The summed E-state index contributed by atoms with van der Waals surface area (Å²) in [6.45, 7) is 1.52. The molecule has 1 nitrogen and oxygen atoms in total. The first-order valence-electron chi connectivity index (χ1n) is 5.42. The van der Waals surface area contributed by atoms with E-state index in [0.29, 0.717) is 17.3 Å². The van der Waals surface area contributed by atoms with Crippen molar-refractivity contribution in [3.8, 4) is 0 Å². The molecule has 0 unspecified atom stereocenters. The smallest absolute Gasteiger partial charge is 0.382 e. The van der Waals surface area contributed by atoms with Crippen LogP contribution in [0.2, 0.25) is 0 Å². The van der Waals surface area contributed by atoms with Crippen molar-refractivity contribution in [2.75, 3.05) is 5.32 Å². The third-order valence-electron chi connectivity index (χ3n) is 3.10. The fourth-order valence-corrected chi connectivity index (χ4v) is 1.87. The Balaban J connectivity index is 2.25. The molecule has 2 rings (SSSR count). The van der Waals surface area contributed by atoms with Crippen molar-refractivity contribution in [1.29, 1.82) is 0 Å². The number of hydrogen-bond acceptors (Lipinski definition) is 1. The normalized spacial score (nSPS) is 17.0. The molecule has 1 fully saturated rings. The molecule has 1 N–H and O–H groups in total. The third kappa shape index (κ3) is 2.15. The van der Waals surface area contributed by atoms with Gasteiger partial charge >= 0.3 is 6.18 Å². The summed E-state index contributed by atoms with van der Waals surface area (Å²) in [6, 6.07) is 4.64. The standard InChI is InChI=1S/C12H14F3N/c1-8-10(12(13,14)15)6-3-7-11(8)16-9-4-2-5-9/h3,6-7,9,16H,2,4-5H2,1H3. The predicted octanol–water partition coefficient (Wildman–Crippen LogP) is 3.98. The summed E-state index contributed by atoms with van der Waals surface area (Å²) in [5, 5.41) is 3.16. The van der Waals surface area contributed by atoms with E-state index in [1.54, 1.807) is 6.07 Å². The zero-order valence-corrected chi connectivity index (χ0v) is 9.06. The van der Waals surface area contributed by atoms with Crippen LogP contribution < -0.4 is 5.32 Å². The van der Waals surface area contributed by atoms with Gasteiger partial charge in [-0.1, -0.05) is 6.07 Å². The highest BCUT2D eigenvalue weighted by Crippen LogP contribution is 2.35. The second-order valence-corrected chi connectivity index (χ2v) is 4.25. The molecule has 0 atom stereocenters. The number of nitrogens with one attached hydrogen (secondary N) is 1. The molecule has 0 heterocycles. The lowest BCUT2D eigenvalue weighted by atomic mass is 9.92. The first-order chi connectivity index (χ1) is 7.48. The molecule has 0 aliphatic heterocycles. The highest BCUT2D eigenvalue weighted by Gasteiger charge is 2.33. The lowest BCUT2D eigenvalue weighted by molar-refractivity contribution is -0.138. The van der Waals surface area contributed by atoms with Gasteiger partial charge in [0.05, 0.1) is 5.56 Å². The van der Waals surface area contributed by atoms with E-state index in [0.717, 1.165) is 25.3 Å². The molecule has 16 heavy (non-hydrogen) atoms. The van der Waals surface area contributed by atoms with E-state index in [2.05, 4.69) is 5.32 Å². The average molecular weight is 229 g/mol. The minimum atomic E-state index is -4.26. The Hall–Kier alpha value is -1.19. The summed E-state index contributed by atoms with van der Waals surface area (Å²) < 4.78 is 37.9. The Labute approximate surface area is 92.7 Å². The van der Waals surface area contributed by atoms with Gasteiger partial charge in [-0.2, -0.15) is 13.2 Å². The molecule has 0 spiro atoms. The zero-order chi connectivity index (χ0) is 11.8. The minimum absolute atomic E-state index is 0.293. The summed E-state index contributed by atoms with van der Waals surface area (Å²) in [7, 11) is 0. The van der Waals surface area contributed by atoms with Gasteiger partial charge in [0.25, 0.3) is 0 Å². The van der Waals surface area contributed by atoms with Crippen molar-refractivity contribution in [1.82, 2.24) is 0 Å². The minimum Gasteiger partial charge on any atom is -0.382 e. The van der Waals surface area contributed by atoms with Crippen LogP contribution in [0.25, 0.3) is 0 Å². The summed E-state index contributed by atoms with van der Waals surface area (Å²) in [4.78, 5) is 0. The molecule has 88 valence electrons. The molecular weight excluding hydrogens is 215 g/mol. The van der Waals surface area contributed by atoms with Crippen molar-refractivity contribution >= 4 is 5.69 Å². The molecule has 1 aromatic rings. The van der Waals surface area contributed by atoms with Gasteiger partial charge in [0.2, 0.25) is 0 Å². The molecule has 4 heteroatoms. The van der Waals surface area contributed by atoms with Crippen LogP contribution in [0.3, 0.4) is 0 Å². The van der Waals surface area contributed by atoms with Gasteiger partial charge in [-0.05, 0) is 43.9 Å². The van der Waals surface area contributed by atoms with Crippen LogP contribution in [0.4, 0.5) is 18.9 Å². The molecule has 0 bridgehead atoms. The fraction of sp³-hybridized carbons (Fsp3) is 0.500. The number of alkyl halides is 3. The molecular formula is C12H14F3N. The summed E-state index contributed by atoms with van der Waals surface area (Å²) >= 11 is 0. The maximum atomic E-state index is 12.6. The highest BCUT2D eigenvalue weighted by atomic mass is 19.4. The van der Waals surface area contributed by atoms with Gasteiger partial charge in [-0.3, -0.25) is 0 Å². The maximum absolute atomic E-state index is 12.6. The van der Waals surface area contributed by atoms with Crippen molar-refractivity contribution in [2.24, 2.45) is 0 Å². The van der Waals surface area contributed by atoms with Crippen molar-refractivity contribution in [3.05, 3.63) is 29.3 Å². The quantitative estimate of drug-likeness (QED) is 0.808. The molecule has 1 aliphatic rings. The zero-order valence-electron chi connectivity index (χ0n) is 9.06. The second kappa shape index (κ2) is 4.00. The van der Waals surface area contributed by atoms with Crippen molar-refractivity contribution < 1.29 is 13.2 Å². The monoisotopic (exact) mass is 229 g/mol. The molecule has 0 radical (unpaired) electrons. The van der Waals surface area contributed by atoms with Crippen LogP contribution in [-0.4, -0.2) is 6.04 Å². The van der Waals surface area contributed by atoms with Crippen LogP contribution in [0.15, 0.2) is 18.2 Å². The van der Waals surface area contributed by atoms with Crippen LogP contribution in [0.1, 0.15) is 30.4 Å². The van der Waals surface area contributed by atoms with Crippen LogP contribution in [0, 0.1) is 6.92 Å². The molecule has 1 aromatic carbocycles. The average Bonchev–Trinajstić information content (AvgIpc) is 2.11. The Morgan fingerprint density at radius 1 is 1.25 bits per heavy atom. The van der Waals surface area contributed by atoms with E-state index in [1.165, 1.54) is 13.0 Å². The molecule has 0 aromatic heterocycles. The largest absolute Gasteiger partial charge is 0.416 e. The van der Waals surface area contributed by atoms with E-state index >= 15 is 0 Å². The second-order valence-electron chi connectivity index (χ2n) is 4.25. The predicted molar refractivity (Wildman–Crippen MR) is 57.4 cm³/mol. The first kappa shape index (κ1) is 11.3. The lowest BCUT2D eigenvalue weighted by Crippen LogP contribution is -2.27. The Kier molecular flexibility index (Phi) is 2.82. The number of anilines is 1. The van der Waals surface area contributed by atoms with Crippen LogP contribution in [0.5, 0.6) is 0 Å². The van der Waals surface area contributed by atoms with Gasteiger partial charge in [0, 0.05) is 11.7 Å². The SMILES string of the molecule is Cc1c(NC2CCC2)cccc1C(F)(F)F. The summed E-state index contributed by atoms with van der Waals surface area (Å²) in [5.41, 5.74) is 0.359. The maximum Gasteiger partial charge on any atom is 0.416 e. The van der Waals surface area contributed by atoms with Crippen LogP contribution >= 0.6 is 0 Å². The third-order valence-corrected chi connectivity index (χ3v) is 3.10. The highest BCUT2D eigenvalue weighted by molar-refractivity contribution is 5.55. The van der Waals surface area contributed by atoms with E-state index in [4.69, 9.17) is 0 Å². The van der Waals surface area contributed by atoms with Gasteiger partial charge < -0.3 is 5.32 Å². The van der Waals surface area contributed by atoms with Crippen LogP contribution in [-0.2, 0) is 6.18 Å². The Morgan fingerprint density at radius 2 is 1.94 bits per heavy atom. The Bertz CT molecular complexity index is 380. The molecule has 0 amide bonds. The number of halogens is 3. The molecule has 1 saturated carbocycles. The summed E-state index contributed by atoms with van der Waals surface area (Å²) in [6.07, 6.45) is -0.998. The first-order valence-corrected chi connectivity index (χ1v) is 5.42. The van der Waals surface area contributed by atoms with Gasteiger partial charge in [0.15, 0.2) is 0 Å².